The molecule has 1 heterocycles. The molecule has 1 aromatic carbocycles. The number of rotatable bonds is 4. The van der Waals surface area contributed by atoms with Gasteiger partial charge in [0.05, 0.1) is 20.3 Å². The van der Waals surface area contributed by atoms with Crippen molar-refractivity contribution < 1.29 is 23.8 Å². The molecule has 2 rings (SSSR count). The van der Waals surface area contributed by atoms with Gasteiger partial charge in [0.15, 0.2) is 11.5 Å². The molecule has 0 radical (unpaired) electrons. The number of likely N-dealkylation sites (tertiary alicyclic amines) is 1. The van der Waals surface area contributed by atoms with Gasteiger partial charge in [0.2, 0.25) is 0 Å². The predicted molar refractivity (Wildman–Crippen MR) is 94.0 cm³/mol. The van der Waals surface area contributed by atoms with Crippen LogP contribution in [-0.2, 0) is 9.53 Å². The lowest BCUT2D eigenvalue weighted by Gasteiger charge is -2.39. The second kappa shape index (κ2) is 7.76. The molecule has 1 aliphatic rings. The van der Waals surface area contributed by atoms with Crippen molar-refractivity contribution in [2.75, 3.05) is 20.8 Å². The maximum Gasteiger partial charge on any atom is 0.410 e. The van der Waals surface area contributed by atoms with Gasteiger partial charge in [-0.3, -0.25) is 0 Å². The molecule has 1 fully saturated rings. The Morgan fingerprint density at radius 1 is 1.24 bits per heavy atom. The lowest BCUT2D eigenvalue weighted by Crippen LogP contribution is -2.44. The summed E-state index contributed by atoms with van der Waals surface area (Å²) in [4.78, 5) is 25.7. The number of aldehydes is 1. The Morgan fingerprint density at radius 2 is 1.96 bits per heavy atom. The highest BCUT2D eigenvalue weighted by atomic mass is 16.6. The molecule has 2 atom stereocenters. The second-order valence-electron chi connectivity index (χ2n) is 7.19. The number of hydrogen-bond donors (Lipinski definition) is 0. The highest BCUT2D eigenvalue weighted by Crippen LogP contribution is 2.42. The first kappa shape index (κ1) is 19.1. The van der Waals surface area contributed by atoms with E-state index in [1.165, 1.54) is 0 Å². The number of methoxy groups -OCH3 is 2. The van der Waals surface area contributed by atoms with Crippen molar-refractivity contribution in [3.05, 3.63) is 23.8 Å². The van der Waals surface area contributed by atoms with Crippen LogP contribution >= 0.6 is 0 Å². The average Bonchev–Trinajstić information content (AvgIpc) is 2.58. The molecule has 138 valence electrons. The maximum absolute atomic E-state index is 12.7. The van der Waals surface area contributed by atoms with E-state index in [2.05, 4.69) is 0 Å². The first-order valence-electron chi connectivity index (χ1n) is 8.46. The van der Waals surface area contributed by atoms with Crippen molar-refractivity contribution in [2.45, 2.75) is 45.3 Å². The monoisotopic (exact) mass is 349 g/mol. The maximum atomic E-state index is 12.7. The van der Waals surface area contributed by atoms with Gasteiger partial charge in [-0.25, -0.2) is 4.79 Å². The van der Waals surface area contributed by atoms with Crippen LogP contribution in [0.15, 0.2) is 18.2 Å². The van der Waals surface area contributed by atoms with Crippen molar-refractivity contribution in [2.24, 2.45) is 5.92 Å². The number of ether oxygens (including phenoxy) is 3. The summed E-state index contributed by atoms with van der Waals surface area (Å²) in [6.45, 7) is 5.97. The molecule has 2 unspecified atom stereocenters. The summed E-state index contributed by atoms with van der Waals surface area (Å²) in [6, 6.07) is 5.26. The quantitative estimate of drug-likeness (QED) is 0.777. The summed E-state index contributed by atoms with van der Waals surface area (Å²) in [5.74, 6) is 1.08. The minimum absolute atomic E-state index is 0.0976. The number of carbonyl (C=O) groups is 2. The van der Waals surface area contributed by atoms with E-state index in [0.29, 0.717) is 30.9 Å². The Kier molecular flexibility index (Phi) is 5.93. The third-order valence-corrected chi connectivity index (χ3v) is 4.26. The number of amides is 1. The third-order valence-electron chi connectivity index (χ3n) is 4.26. The SMILES string of the molecule is COc1cccc(C2CC(C=O)CCN2C(=O)OC(C)(C)C)c1OC. The van der Waals surface area contributed by atoms with Gasteiger partial charge in [0.25, 0.3) is 0 Å². The van der Waals surface area contributed by atoms with Crippen LogP contribution in [0.3, 0.4) is 0 Å². The van der Waals surface area contributed by atoms with Crippen LogP contribution in [0.25, 0.3) is 0 Å². The summed E-state index contributed by atoms with van der Waals surface area (Å²) < 4.78 is 16.4. The molecule has 0 bridgehead atoms. The molecule has 0 saturated carbocycles. The Balaban J connectivity index is 2.41. The minimum atomic E-state index is -0.582. The number of nitrogens with zero attached hydrogens (tertiary/aromatic N) is 1. The molecule has 6 nitrogen and oxygen atoms in total. The van der Waals surface area contributed by atoms with Crippen LogP contribution in [0, 0.1) is 5.92 Å². The highest BCUT2D eigenvalue weighted by Gasteiger charge is 2.36. The number of carbonyl (C=O) groups excluding carboxylic acids is 2. The molecule has 6 heteroatoms. The van der Waals surface area contributed by atoms with Crippen molar-refractivity contribution in [3.63, 3.8) is 0 Å². The van der Waals surface area contributed by atoms with Gasteiger partial charge in [-0.1, -0.05) is 12.1 Å². The zero-order valence-corrected chi connectivity index (χ0v) is 15.6. The summed E-state index contributed by atoms with van der Waals surface area (Å²) in [7, 11) is 3.14. The van der Waals surface area contributed by atoms with Crippen molar-refractivity contribution in [1.29, 1.82) is 0 Å². The third kappa shape index (κ3) is 4.44. The molecular formula is C19H27NO5. The average molecular weight is 349 g/mol. The van der Waals surface area contributed by atoms with E-state index < -0.39 is 5.60 Å². The van der Waals surface area contributed by atoms with Crippen LogP contribution in [0.2, 0.25) is 0 Å². The van der Waals surface area contributed by atoms with Crippen molar-refractivity contribution in [3.8, 4) is 11.5 Å². The standard InChI is InChI=1S/C19H27NO5/c1-19(2,3)25-18(22)20-10-9-13(12-21)11-15(20)14-7-6-8-16(23-4)17(14)24-5/h6-8,12-13,15H,9-11H2,1-5H3. The zero-order valence-electron chi connectivity index (χ0n) is 15.6. The molecule has 1 aromatic rings. The van der Waals surface area contributed by atoms with E-state index in [1.807, 2.05) is 32.9 Å². The lowest BCUT2D eigenvalue weighted by molar-refractivity contribution is -0.113. The zero-order chi connectivity index (χ0) is 18.6. The fourth-order valence-corrected chi connectivity index (χ4v) is 3.12. The Labute approximate surface area is 149 Å². The van der Waals surface area contributed by atoms with Crippen LogP contribution in [-0.4, -0.2) is 43.6 Å². The summed E-state index contributed by atoms with van der Waals surface area (Å²) >= 11 is 0. The minimum Gasteiger partial charge on any atom is -0.493 e. The number of para-hydroxylation sites is 1. The topological polar surface area (TPSA) is 65.1 Å². The van der Waals surface area contributed by atoms with E-state index in [0.717, 1.165) is 11.8 Å². The van der Waals surface area contributed by atoms with E-state index in [1.54, 1.807) is 25.2 Å². The van der Waals surface area contributed by atoms with E-state index in [9.17, 15) is 9.59 Å². The molecule has 0 spiro atoms. The molecule has 0 aliphatic carbocycles. The Hall–Kier alpha value is -2.24. The first-order chi connectivity index (χ1) is 11.8. The van der Waals surface area contributed by atoms with Gasteiger partial charge in [-0.15, -0.1) is 0 Å². The number of benzene rings is 1. The molecule has 1 aliphatic heterocycles. The predicted octanol–water partition coefficient (Wildman–Crippen LogP) is 3.59. The molecule has 0 aromatic heterocycles. The Bertz CT molecular complexity index is 623. The summed E-state index contributed by atoms with van der Waals surface area (Å²) in [5, 5.41) is 0. The lowest BCUT2D eigenvalue weighted by atomic mass is 9.87. The van der Waals surface area contributed by atoms with E-state index in [-0.39, 0.29) is 18.1 Å². The molecular weight excluding hydrogens is 322 g/mol. The smallest absolute Gasteiger partial charge is 0.410 e. The van der Waals surface area contributed by atoms with Gasteiger partial charge in [-0.2, -0.15) is 0 Å². The van der Waals surface area contributed by atoms with Gasteiger partial charge in [-0.05, 0) is 39.7 Å². The summed E-state index contributed by atoms with van der Waals surface area (Å²) in [5.41, 5.74) is 0.237. The number of piperidine rings is 1. The van der Waals surface area contributed by atoms with Crippen LogP contribution in [0.1, 0.15) is 45.2 Å². The van der Waals surface area contributed by atoms with E-state index >= 15 is 0 Å². The van der Waals surface area contributed by atoms with Crippen LogP contribution in [0.4, 0.5) is 4.79 Å². The van der Waals surface area contributed by atoms with Gasteiger partial charge >= 0.3 is 6.09 Å². The molecule has 1 saturated heterocycles. The van der Waals surface area contributed by atoms with Crippen molar-refractivity contribution >= 4 is 12.4 Å². The first-order valence-corrected chi connectivity index (χ1v) is 8.46. The normalized spacial score (nSPS) is 20.8. The fourth-order valence-electron chi connectivity index (χ4n) is 3.12. The van der Waals surface area contributed by atoms with Gasteiger partial charge < -0.3 is 23.9 Å². The molecule has 0 N–H and O–H groups in total. The van der Waals surface area contributed by atoms with Gasteiger partial charge in [0.1, 0.15) is 11.9 Å². The van der Waals surface area contributed by atoms with E-state index in [4.69, 9.17) is 14.2 Å². The fraction of sp³-hybridized carbons (Fsp3) is 0.579. The molecule has 1 amide bonds. The largest absolute Gasteiger partial charge is 0.493 e. The van der Waals surface area contributed by atoms with Crippen molar-refractivity contribution in [1.82, 2.24) is 4.90 Å². The van der Waals surface area contributed by atoms with Crippen LogP contribution < -0.4 is 9.47 Å². The van der Waals surface area contributed by atoms with Crippen LogP contribution in [0.5, 0.6) is 11.5 Å². The number of hydrogen-bond acceptors (Lipinski definition) is 5. The highest BCUT2D eigenvalue weighted by molar-refractivity contribution is 5.70. The summed E-state index contributed by atoms with van der Waals surface area (Å²) in [6.07, 6.45) is 1.75. The second-order valence-corrected chi connectivity index (χ2v) is 7.19. The Morgan fingerprint density at radius 3 is 2.52 bits per heavy atom. The van der Waals surface area contributed by atoms with Gasteiger partial charge in [0, 0.05) is 18.0 Å². The molecule has 25 heavy (non-hydrogen) atoms.